The summed E-state index contributed by atoms with van der Waals surface area (Å²) in [7, 11) is 0. The third-order valence-electron chi connectivity index (χ3n) is 2.59. The number of fused-ring (bicyclic) bond motifs is 1. The van der Waals surface area contributed by atoms with Gasteiger partial charge in [0, 0.05) is 11.3 Å². The van der Waals surface area contributed by atoms with Gasteiger partial charge in [-0.3, -0.25) is 5.01 Å². The Morgan fingerprint density at radius 1 is 1.44 bits per heavy atom. The Bertz CT molecular complexity index is 514. The van der Waals surface area contributed by atoms with E-state index in [-0.39, 0.29) is 0 Å². The van der Waals surface area contributed by atoms with Crippen molar-refractivity contribution in [1.82, 2.24) is 10.4 Å². The van der Waals surface area contributed by atoms with Crippen molar-refractivity contribution < 1.29 is 4.42 Å². The van der Waals surface area contributed by atoms with E-state index in [9.17, 15) is 0 Å². The van der Waals surface area contributed by atoms with Crippen molar-refractivity contribution >= 4 is 21.6 Å². The summed E-state index contributed by atoms with van der Waals surface area (Å²) in [5.74, 6) is 0.927. The second-order valence-corrected chi connectivity index (χ2v) is 4.65. The Kier molecular flexibility index (Phi) is 4.04. The lowest BCUT2D eigenvalue weighted by molar-refractivity contribution is 0.350. The summed E-state index contributed by atoms with van der Waals surface area (Å²) < 4.78 is 6.14. The number of rotatable bonds is 1. The van der Waals surface area contributed by atoms with Crippen LogP contribution in [0.15, 0.2) is 50.1 Å². The van der Waals surface area contributed by atoms with Gasteiger partial charge in [0.2, 0.25) is 0 Å². The molecule has 0 aromatic carbocycles. The van der Waals surface area contributed by atoms with Crippen LogP contribution in [0.3, 0.4) is 0 Å². The normalized spacial score (nSPS) is 17.9. The summed E-state index contributed by atoms with van der Waals surface area (Å²) in [6.45, 7) is 6.83. The van der Waals surface area contributed by atoms with Gasteiger partial charge < -0.3 is 4.42 Å². The number of furan rings is 1. The van der Waals surface area contributed by atoms with Gasteiger partial charge >= 0.3 is 0 Å². The maximum Gasteiger partial charge on any atom is 0.159 e. The number of nitrogens with zero attached hydrogens (tertiary/aromatic N) is 2. The highest BCUT2D eigenvalue weighted by Crippen LogP contribution is 2.29. The van der Waals surface area contributed by atoms with Crippen molar-refractivity contribution in [2.24, 2.45) is 4.99 Å². The zero-order chi connectivity index (χ0) is 13.1. The highest BCUT2D eigenvalue weighted by Gasteiger charge is 2.25. The number of allylic oxidation sites excluding steroid dienone is 2. The fraction of sp³-hybridized carbons (Fsp3) is 0.308. The summed E-state index contributed by atoms with van der Waals surface area (Å²) in [6.07, 6.45) is 5.39. The monoisotopic (exact) mass is 309 g/mol. The van der Waals surface area contributed by atoms with E-state index in [1.54, 1.807) is 12.5 Å². The van der Waals surface area contributed by atoms with Gasteiger partial charge in [-0.2, -0.15) is 0 Å². The third-order valence-corrected chi connectivity index (χ3v) is 3.22. The van der Waals surface area contributed by atoms with E-state index in [1.165, 1.54) is 0 Å². The molecule has 18 heavy (non-hydrogen) atoms. The van der Waals surface area contributed by atoms with E-state index >= 15 is 0 Å². The molecule has 0 aliphatic carbocycles. The zero-order valence-electron chi connectivity index (χ0n) is 10.7. The van der Waals surface area contributed by atoms with Crippen LogP contribution in [0.25, 0.3) is 0 Å². The van der Waals surface area contributed by atoms with Crippen LogP contribution in [-0.4, -0.2) is 17.3 Å². The van der Waals surface area contributed by atoms with Gasteiger partial charge in [-0.15, -0.1) is 0 Å². The predicted octanol–water partition coefficient (Wildman–Crippen LogP) is 3.40. The number of halogens is 1. The van der Waals surface area contributed by atoms with Gasteiger partial charge in [0.1, 0.15) is 0 Å². The highest BCUT2D eigenvalue weighted by molar-refractivity contribution is 9.11. The first-order valence-electron chi connectivity index (χ1n) is 5.97. The highest BCUT2D eigenvalue weighted by atomic mass is 79.9. The first-order valence-corrected chi connectivity index (χ1v) is 6.77. The molecule has 0 bridgehead atoms. The van der Waals surface area contributed by atoms with Gasteiger partial charge in [-0.25, -0.2) is 10.4 Å². The van der Waals surface area contributed by atoms with Gasteiger partial charge in [-0.05, 0) is 19.1 Å². The van der Waals surface area contributed by atoms with Crippen LogP contribution < -0.4 is 5.43 Å². The van der Waals surface area contributed by atoms with Crippen LogP contribution in [0.1, 0.15) is 26.3 Å². The topological polar surface area (TPSA) is 40.8 Å². The van der Waals surface area contributed by atoms with Crippen LogP contribution in [0.2, 0.25) is 0 Å². The average molecular weight is 310 g/mol. The average Bonchev–Trinajstić information content (AvgIpc) is 3.02. The SMILES string of the molecule is CC.CC1=CC(c2ccoc2)=NC2=C(Br)CNN12. The molecule has 0 spiro atoms. The van der Waals surface area contributed by atoms with Gasteiger partial charge in [0.15, 0.2) is 5.82 Å². The molecule has 0 amide bonds. The third kappa shape index (κ3) is 2.28. The Morgan fingerprint density at radius 2 is 2.22 bits per heavy atom. The van der Waals surface area contributed by atoms with E-state index in [0.29, 0.717) is 0 Å². The molecule has 1 aromatic rings. The van der Waals surface area contributed by atoms with Crippen LogP contribution in [0.5, 0.6) is 0 Å². The summed E-state index contributed by atoms with van der Waals surface area (Å²) in [5.41, 5.74) is 6.29. The van der Waals surface area contributed by atoms with Crippen LogP contribution in [0, 0.1) is 0 Å². The molecule has 2 aliphatic rings. The van der Waals surface area contributed by atoms with Gasteiger partial charge in [0.05, 0.1) is 29.3 Å². The molecule has 0 saturated carbocycles. The second-order valence-electron chi connectivity index (χ2n) is 3.69. The molecule has 0 radical (unpaired) electrons. The number of nitrogens with one attached hydrogen (secondary N) is 1. The molecule has 0 atom stereocenters. The number of hydrogen-bond acceptors (Lipinski definition) is 4. The molecule has 0 fully saturated rings. The Labute approximate surface area is 115 Å². The first kappa shape index (κ1) is 13.1. The molecular formula is C13H16BrN3O. The van der Waals surface area contributed by atoms with Crippen molar-refractivity contribution in [2.45, 2.75) is 20.8 Å². The van der Waals surface area contributed by atoms with E-state index in [4.69, 9.17) is 4.42 Å². The summed E-state index contributed by atoms with van der Waals surface area (Å²) in [6, 6.07) is 1.91. The molecule has 5 heteroatoms. The molecule has 0 unspecified atom stereocenters. The minimum absolute atomic E-state index is 0.780. The molecule has 3 heterocycles. The van der Waals surface area contributed by atoms with E-state index in [0.717, 1.165) is 33.8 Å². The predicted molar refractivity (Wildman–Crippen MR) is 76.1 cm³/mol. The Morgan fingerprint density at radius 3 is 2.89 bits per heavy atom. The van der Waals surface area contributed by atoms with E-state index in [2.05, 4.69) is 26.3 Å². The fourth-order valence-electron chi connectivity index (χ4n) is 1.79. The minimum atomic E-state index is 0.780. The number of hydrogen-bond donors (Lipinski definition) is 1. The quantitative estimate of drug-likeness (QED) is 0.864. The van der Waals surface area contributed by atoms with Crippen molar-refractivity contribution in [3.8, 4) is 0 Å². The van der Waals surface area contributed by atoms with Crippen LogP contribution >= 0.6 is 15.9 Å². The molecular weight excluding hydrogens is 294 g/mol. The number of aliphatic imine (C=N–C) groups is 1. The molecule has 96 valence electrons. The summed E-state index contributed by atoms with van der Waals surface area (Å²) in [5, 5.41) is 1.98. The second kappa shape index (κ2) is 5.54. The maximum atomic E-state index is 5.07. The van der Waals surface area contributed by atoms with Crippen molar-refractivity contribution in [1.29, 1.82) is 0 Å². The van der Waals surface area contributed by atoms with E-state index in [1.807, 2.05) is 37.9 Å². The molecule has 3 rings (SSSR count). The maximum absolute atomic E-state index is 5.07. The lowest BCUT2D eigenvalue weighted by Gasteiger charge is -2.24. The lowest BCUT2D eigenvalue weighted by atomic mass is 10.1. The van der Waals surface area contributed by atoms with Crippen molar-refractivity contribution in [3.05, 3.63) is 46.2 Å². The summed E-state index contributed by atoms with van der Waals surface area (Å²) in [4.78, 5) is 4.59. The molecule has 4 nitrogen and oxygen atoms in total. The van der Waals surface area contributed by atoms with Gasteiger partial charge in [0.25, 0.3) is 0 Å². The molecule has 2 aliphatic heterocycles. The zero-order valence-corrected chi connectivity index (χ0v) is 12.3. The largest absolute Gasteiger partial charge is 0.472 e. The number of hydrazine groups is 1. The Balaban J connectivity index is 0.000000574. The molecule has 1 N–H and O–H groups in total. The van der Waals surface area contributed by atoms with Crippen molar-refractivity contribution in [2.75, 3.05) is 6.54 Å². The standard InChI is InChI=1S/C11H10BrN3O.C2H6/c1-7-4-10(8-2-3-16-6-8)14-11-9(12)5-13-15(7)11;1-2/h2-4,6,13H,5H2,1H3;1-2H3. The smallest absolute Gasteiger partial charge is 0.159 e. The van der Waals surface area contributed by atoms with Gasteiger partial charge in [-0.1, -0.05) is 29.8 Å². The fourth-order valence-corrected chi connectivity index (χ4v) is 2.18. The minimum Gasteiger partial charge on any atom is -0.472 e. The Hall–Kier alpha value is -1.33. The summed E-state index contributed by atoms with van der Waals surface area (Å²) >= 11 is 3.52. The van der Waals surface area contributed by atoms with E-state index < -0.39 is 0 Å². The lowest BCUT2D eigenvalue weighted by Crippen LogP contribution is -2.32. The molecule has 1 aromatic heterocycles. The first-order chi connectivity index (χ1) is 8.75. The van der Waals surface area contributed by atoms with Crippen LogP contribution in [-0.2, 0) is 0 Å². The van der Waals surface area contributed by atoms with Crippen molar-refractivity contribution in [3.63, 3.8) is 0 Å². The molecule has 0 saturated heterocycles. The van der Waals surface area contributed by atoms with Crippen LogP contribution in [0.4, 0.5) is 0 Å².